The summed E-state index contributed by atoms with van der Waals surface area (Å²) < 4.78 is 5.80. The van der Waals surface area contributed by atoms with E-state index in [2.05, 4.69) is 9.97 Å². The van der Waals surface area contributed by atoms with Crippen LogP contribution in [0.3, 0.4) is 0 Å². The number of thiophene rings is 1. The molecule has 0 unspecified atom stereocenters. The number of aromatic nitrogens is 2. The average Bonchev–Trinajstić information content (AvgIpc) is 3.03. The quantitative estimate of drug-likeness (QED) is 0.797. The number of hydrogen-bond donors (Lipinski definition) is 1. The molecule has 0 atom stereocenters. The number of aromatic amines is 1. The molecule has 3 aromatic rings. The molecule has 0 aliphatic carbocycles. The van der Waals surface area contributed by atoms with Gasteiger partial charge in [0, 0.05) is 7.05 Å². The topological polar surface area (TPSA) is 75.3 Å². The van der Waals surface area contributed by atoms with Crippen LogP contribution in [0.1, 0.15) is 16.2 Å². The summed E-state index contributed by atoms with van der Waals surface area (Å²) in [6.07, 6.45) is 0. The summed E-state index contributed by atoms with van der Waals surface area (Å²) in [6.45, 7) is 0.206. The first-order chi connectivity index (χ1) is 11.1. The maximum Gasteiger partial charge on any atom is 0.268 e. The molecule has 6 nitrogen and oxygen atoms in total. The van der Waals surface area contributed by atoms with E-state index in [4.69, 9.17) is 4.74 Å². The Morgan fingerprint density at radius 3 is 2.91 bits per heavy atom. The zero-order valence-electron chi connectivity index (χ0n) is 12.7. The molecule has 0 saturated heterocycles. The standard InChI is InChI=1S/C16H15N3O3S/c1-19(16(21)10-5-3-4-6-12(10)22-2)9-13-17-11-7-8-23-14(11)15(20)18-13/h3-8H,9H2,1-2H3,(H,17,18,20). The summed E-state index contributed by atoms with van der Waals surface area (Å²) in [7, 11) is 3.18. The van der Waals surface area contributed by atoms with Crippen molar-refractivity contribution in [2.75, 3.05) is 14.2 Å². The third-order valence-electron chi connectivity index (χ3n) is 3.43. The maximum absolute atomic E-state index is 12.6. The molecule has 0 aliphatic rings. The maximum atomic E-state index is 12.6. The molecule has 7 heteroatoms. The van der Waals surface area contributed by atoms with E-state index in [0.29, 0.717) is 27.4 Å². The molecule has 2 heterocycles. The molecule has 0 bridgehead atoms. The van der Waals surface area contributed by atoms with Crippen LogP contribution >= 0.6 is 11.3 Å². The minimum atomic E-state index is -0.199. The van der Waals surface area contributed by atoms with Gasteiger partial charge in [0.25, 0.3) is 11.5 Å². The molecule has 23 heavy (non-hydrogen) atoms. The smallest absolute Gasteiger partial charge is 0.268 e. The van der Waals surface area contributed by atoms with E-state index in [1.54, 1.807) is 37.4 Å². The van der Waals surface area contributed by atoms with E-state index in [0.717, 1.165) is 0 Å². The number of hydrogen-bond acceptors (Lipinski definition) is 5. The van der Waals surface area contributed by atoms with Gasteiger partial charge in [0.05, 0.1) is 24.7 Å². The van der Waals surface area contributed by atoms with E-state index in [1.165, 1.54) is 23.3 Å². The highest BCUT2D eigenvalue weighted by Crippen LogP contribution is 2.19. The molecule has 2 aromatic heterocycles. The highest BCUT2D eigenvalue weighted by atomic mass is 32.1. The van der Waals surface area contributed by atoms with Gasteiger partial charge in [-0.1, -0.05) is 12.1 Å². The van der Waals surface area contributed by atoms with E-state index in [9.17, 15) is 9.59 Å². The fourth-order valence-electron chi connectivity index (χ4n) is 2.32. The molecule has 0 spiro atoms. The van der Waals surface area contributed by atoms with E-state index < -0.39 is 0 Å². The van der Waals surface area contributed by atoms with Crippen LogP contribution in [-0.4, -0.2) is 34.9 Å². The van der Waals surface area contributed by atoms with Crippen molar-refractivity contribution in [3.8, 4) is 5.75 Å². The van der Waals surface area contributed by atoms with Crippen molar-refractivity contribution < 1.29 is 9.53 Å². The number of carbonyl (C=O) groups is 1. The zero-order chi connectivity index (χ0) is 16.4. The molecule has 0 saturated carbocycles. The number of para-hydroxylation sites is 1. The lowest BCUT2D eigenvalue weighted by Gasteiger charge is -2.18. The second-order valence-corrected chi connectivity index (χ2v) is 5.93. The van der Waals surface area contributed by atoms with Gasteiger partial charge in [-0.05, 0) is 23.6 Å². The Hall–Kier alpha value is -2.67. The summed E-state index contributed by atoms with van der Waals surface area (Å²) in [5, 5.41) is 1.82. The SMILES string of the molecule is COc1ccccc1C(=O)N(C)Cc1nc2ccsc2c(=O)[nH]1. The predicted molar refractivity (Wildman–Crippen MR) is 89.0 cm³/mol. The first-order valence-electron chi connectivity index (χ1n) is 6.95. The molecule has 3 rings (SSSR count). The van der Waals surface area contributed by atoms with Crippen LogP contribution in [-0.2, 0) is 6.54 Å². The van der Waals surface area contributed by atoms with Gasteiger partial charge in [-0.15, -0.1) is 11.3 Å². The summed E-state index contributed by atoms with van der Waals surface area (Å²) in [4.78, 5) is 33.1. The van der Waals surface area contributed by atoms with E-state index in [-0.39, 0.29) is 18.0 Å². The fraction of sp³-hybridized carbons (Fsp3) is 0.188. The molecule has 118 valence electrons. The lowest BCUT2D eigenvalue weighted by atomic mass is 10.2. The Bertz CT molecular complexity index is 916. The predicted octanol–water partition coefficient (Wildman–Crippen LogP) is 2.27. The van der Waals surface area contributed by atoms with Gasteiger partial charge in [-0.3, -0.25) is 9.59 Å². The molecule has 1 aromatic carbocycles. The molecule has 1 amide bonds. The number of ether oxygens (including phenoxy) is 1. The van der Waals surface area contributed by atoms with E-state index >= 15 is 0 Å². The number of amides is 1. The van der Waals surface area contributed by atoms with Gasteiger partial charge in [0.1, 0.15) is 16.3 Å². The highest BCUT2D eigenvalue weighted by molar-refractivity contribution is 7.17. The van der Waals surface area contributed by atoms with Gasteiger partial charge in [-0.2, -0.15) is 0 Å². The largest absolute Gasteiger partial charge is 0.496 e. The van der Waals surface area contributed by atoms with Crippen LogP contribution in [0.4, 0.5) is 0 Å². The minimum Gasteiger partial charge on any atom is -0.496 e. The number of H-pyrrole nitrogens is 1. The molecule has 0 fully saturated rings. The number of nitrogens with zero attached hydrogens (tertiary/aromatic N) is 2. The number of rotatable bonds is 4. The number of carbonyl (C=O) groups excluding carboxylic acids is 1. The third-order valence-corrected chi connectivity index (χ3v) is 4.34. The van der Waals surface area contributed by atoms with Crippen molar-refractivity contribution in [1.29, 1.82) is 0 Å². The lowest BCUT2D eigenvalue weighted by molar-refractivity contribution is 0.0778. The summed E-state index contributed by atoms with van der Waals surface area (Å²) in [6, 6.07) is 8.82. The van der Waals surface area contributed by atoms with Crippen molar-refractivity contribution >= 4 is 27.5 Å². The first-order valence-corrected chi connectivity index (χ1v) is 7.83. The Kier molecular flexibility index (Phi) is 4.12. The van der Waals surface area contributed by atoms with Crippen molar-refractivity contribution in [3.05, 3.63) is 57.5 Å². The Morgan fingerprint density at radius 2 is 2.13 bits per heavy atom. The summed E-state index contributed by atoms with van der Waals surface area (Å²) in [5.74, 6) is 0.765. The molecule has 0 radical (unpaired) electrons. The number of nitrogens with one attached hydrogen (secondary N) is 1. The fourth-order valence-corrected chi connectivity index (χ4v) is 3.05. The first kappa shape index (κ1) is 15.2. The minimum absolute atomic E-state index is 0.182. The Labute approximate surface area is 136 Å². The van der Waals surface area contributed by atoms with Crippen LogP contribution in [0.25, 0.3) is 10.2 Å². The van der Waals surface area contributed by atoms with Crippen LogP contribution in [0.2, 0.25) is 0 Å². The zero-order valence-corrected chi connectivity index (χ0v) is 13.5. The van der Waals surface area contributed by atoms with Crippen molar-refractivity contribution in [3.63, 3.8) is 0 Å². The van der Waals surface area contributed by atoms with Crippen molar-refractivity contribution in [2.24, 2.45) is 0 Å². The van der Waals surface area contributed by atoms with Gasteiger partial charge in [0.15, 0.2) is 0 Å². The average molecular weight is 329 g/mol. The Balaban J connectivity index is 1.86. The summed E-state index contributed by atoms with van der Waals surface area (Å²) >= 11 is 1.35. The second-order valence-electron chi connectivity index (χ2n) is 5.01. The molecule has 1 N–H and O–H groups in total. The van der Waals surface area contributed by atoms with Crippen molar-refractivity contribution in [1.82, 2.24) is 14.9 Å². The number of benzene rings is 1. The number of fused-ring (bicyclic) bond motifs is 1. The molecular formula is C16H15N3O3S. The lowest BCUT2D eigenvalue weighted by Crippen LogP contribution is -2.28. The normalized spacial score (nSPS) is 10.7. The third kappa shape index (κ3) is 2.95. The second kappa shape index (κ2) is 6.21. The number of methoxy groups -OCH3 is 1. The summed E-state index contributed by atoms with van der Waals surface area (Å²) in [5.41, 5.74) is 0.932. The van der Waals surface area contributed by atoms with Crippen LogP contribution in [0.5, 0.6) is 5.75 Å². The highest BCUT2D eigenvalue weighted by Gasteiger charge is 2.17. The van der Waals surface area contributed by atoms with Crippen molar-refractivity contribution in [2.45, 2.75) is 6.54 Å². The van der Waals surface area contributed by atoms with Crippen LogP contribution in [0, 0.1) is 0 Å². The van der Waals surface area contributed by atoms with E-state index in [1.807, 2.05) is 5.38 Å². The van der Waals surface area contributed by atoms with Gasteiger partial charge < -0.3 is 14.6 Å². The molecular weight excluding hydrogens is 314 g/mol. The Morgan fingerprint density at radius 1 is 1.35 bits per heavy atom. The van der Waals surface area contributed by atoms with Gasteiger partial charge >= 0.3 is 0 Å². The van der Waals surface area contributed by atoms with Gasteiger partial charge in [0.2, 0.25) is 0 Å². The molecule has 0 aliphatic heterocycles. The monoisotopic (exact) mass is 329 g/mol. The van der Waals surface area contributed by atoms with Crippen LogP contribution in [0.15, 0.2) is 40.5 Å². The van der Waals surface area contributed by atoms with Crippen LogP contribution < -0.4 is 10.3 Å². The van der Waals surface area contributed by atoms with Gasteiger partial charge in [-0.25, -0.2) is 4.98 Å².